The van der Waals surface area contributed by atoms with Crippen LogP contribution in [0.4, 0.5) is 13.2 Å². The van der Waals surface area contributed by atoms with Crippen molar-refractivity contribution in [3.05, 3.63) is 11.9 Å². The second kappa shape index (κ2) is 11.8. The molecule has 0 aromatic carbocycles. The molecule has 172 valence electrons. The number of alkyl halides is 3. The maximum atomic E-state index is 12.4. The van der Waals surface area contributed by atoms with Gasteiger partial charge in [0.25, 0.3) is 0 Å². The van der Waals surface area contributed by atoms with E-state index in [1.165, 1.54) is 0 Å². The molecule has 0 bridgehead atoms. The van der Waals surface area contributed by atoms with Gasteiger partial charge in [-0.05, 0) is 24.7 Å². The fourth-order valence-corrected chi connectivity index (χ4v) is 2.97. The number of aliphatic carboxylic acids is 1. The Hall–Kier alpha value is -2.21. The lowest BCUT2D eigenvalue weighted by Gasteiger charge is -2.34. The van der Waals surface area contributed by atoms with E-state index in [0.717, 1.165) is 44.6 Å². The summed E-state index contributed by atoms with van der Waals surface area (Å²) < 4.78 is 33.6. The van der Waals surface area contributed by atoms with E-state index in [-0.39, 0.29) is 24.5 Å². The van der Waals surface area contributed by atoms with Gasteiger partial charge in [-0.1, -0.05) is 25.5 Å². The first-order valence-corrected chi connectivity index (χ1v) is 9.83. The van der Waals surface area contributed by atoms with E-state index in [1.807, 2.05) is 22.7 Å². The summed E-state index contributed by atoms with van der Waals surface area (Å²) in [5.74, 6) is -1.95. The fourth-order valence-electron chi connectivity index (χ4n) is 2.97. The van der Waals surface area contributed by atoms with Gasteiger partial charge < -0.3 is 20.8 Å². The number of piperidine rings is 1. The van der Waals surface area contributed by atoms with Gasteiger partial charge in [0.2, 0.25) is 5.91 Å². The molecule has 0 radical (unpaired) electrons. The third-order valence-corrected chi connectivity index (χ3v) is 5.11. The van der Waals surface area contributed by atoms with Crippen molar-refractivity contribution in [3.8, 4) is 0 Å². The third kappa shape index (κ3) is 8.27. The van der Waals surface area contributed by atoms with Crippen LogP contribution in [0.1, 0.15) is 38.8 Å². The highest BCUT2D eigenvalue weighted by Gasteiger charge is 2.38. The number of nitrogens with two attached hydrogens (primary N) is 1. The number of likely N-dealkylation sites (tertiary alicyclic amines) is 1. The van der Waals surface area contributed by atoms with Crippen molar-refractivity contribution in [2.24, 2.45) is 17.6 Å². The van der Waals surface area contributed by atoms with Gasteiger partial charge in [0.15, 0.2) is 0 Å². The highest BCUT2D eigenvalue weighted by Crippen LogP contribution is 2.20. The van der Waals surface area contributed by atoms with Gasteiger partial charge in [-0.15, -0.1) is 5.10 Å². The number of carbonyl (C=O) groups excluding carboxylic acids is 1. The summed E-state index contributed by atoms with van der Waals surface area (Å²) in [6, 6.07) is -0.382. The number of carbonyl (C=O) groups is 2. The van der Waals surface area contributed by atoms with Gasteiger partial charge >= 0.3 is 12.1 Å². The number of rotatable bonds is 7. The van der Waals surface area contributed by atoms with E-state index >= 15 is 0 Å². The summed E-state index contributed by atoms with van der Waals surface area (Å²) in [5, 5.41) is 24.2. The number of hydrogen-bond donors (Lipinski definition) is 3. The van der Waals surface area contributed by atoms with Gasteiger partial charge in [0.05, 0.1) is 11.7 Å². The first kappa shape index (κ1) is 25.8. The topological polar surface area (TPSA) is 135 Å². The molecule has 2 atom stereocenters. The lowest BCUT2D eigenvalue weighted by molar-refractivity contribution is -0.192. The number of aliphatic hydroxyl groups is 1. The molecule has 2 rings (SSSR count). The summed E-state index contributed by atoms with van der Waals surface area (Å²) in [5.41, 5.74) is 6.88. The number of aliphatic hydroxyl groups excluding tert-OH is 1. The second-order valence-corrected chi connectivity index (χ2v) is 7.39. The number of carboxylic acid groups (broad SMARTS) is 1. The maximum absolute atomic E-state index is 12.4. The van der Waals surface area contributed by atoms with Crippen LogP contribution < -0.4 is 5.73 Å². The Kier molecular flexibility index (Phi) is 10.2. The number of nitrogens with zero attached hydrogens (tertiary/aromatic N) is 4. The van der Waals surface area contributed by atoms with Crippen LogP contribution in [0.25, 0.3) is 0 Å². The molecule has 4 N–H and O–H groups in total. The van der Waals surface area contributed by atoms with E-state index in [9.17, 15) is 18.0 Å². The Morgan fingerprint density at radius 1 is 1.33 bits per heavy atom. The van der Waals surface area contributed by atoms with Gasteiger partial charge in [-0.25, -0.2) is 4.79 Å². The SMILES string of the molecule is CC[C@H](C)[C@H](N)C(=O)N1CCC(Cn2cc(CCO)nn2)CC1.O=C(O)C(F)(F)F. The van der Waals surface area contributed by atoms with Gasteiger partial charge in [-0.2, -0.15) is 13.2 Å². The van der Waals surface area contributed by atoms with Crippen LogP contribution in [0.2, 0.25) is 0 Å². The second-order valence-electron chi connectivity index (χ2n) is 7.39. The molecule has 1 amide bonds. The minimum Gasteiger partial charge on any atom is -0.475 e. The van der Waals surface area contributed by atoms with Crippen LogP contribution in [0.3, 0.4) is 0 Å². The average molecular weight is 437 g/mol. The molecule has 0 spiro atoms. The fraction of sp³-hybridized carbons (Fsp3) is 0.778. The molecule has 1 aromatic heterocycles. The molecule has 1 fully saturated rings. The van der Waals surface area contributed by atoms with Crippen molar-refractivity contribution in [2.45, 2.75) is 58.3 Å². The molecular weight excluding hydrogens is 407 g/mol. The number of hydrogen-bond acceptors (Lipinski definition) is 6. The molecule has 0 saturated carbocycles. The molecule has 12 heteroatoms. The Balaban J connectivity index is 0.000000553. The van der Waals surface area contributed by atoms with E-state index in [1.54, 1.807) is 0 Å². The predicted octanol–water partition coefficient (Wildman–Crippen LogP) is 1.06. The average Bonchev–Trinajstić information content (AvgIpc) is 3.13. The van der Waals surface area contributed by atoms with Crippen molar-refractivity contribution in [2.75, 3.05) is 19.7 Å². The Morgan fingerprint density at radius 3 is 2.37 bits per heavy atom. The monoisotopic (exact) mass is 437 g/mol. The highest BCUT2D eigenvalue weighted by molar-refractivity contribution is 5.82. The zero-order chi connectivity index (χ0) is 22.9. The van der Waals surface area contributed by atoms with Crippen LogP contribution in [0, 0.1) is 11.8 Å². The number of amides is 1. The van der Waals surface area contributed by atoms with Crippen LogP contribution in [-0.2, 0) is 22.6 Å². The zero-order valence-electron chi connectivity index (χ0n) is 17.2. The Morgan fingerprint density at radius 2 is 1.90 bits per heavy atom. The van der Waals surface area contributed by atoms with E-state index in [0.29, 0.717) is 12.3 Å². The van der Waals surface area contributed by atoms with Gasteiger partial charge in [0, 0.05) is 38.9 Å². The first-order valence-electron chi connectivity index (χ1n) is 9.83. The molecule has 1 saturated heterocycles. The summed E-state index contributed by atoms with van der Waals surface area (Å²) in [6.45, 7) is 6.54. The molecule has 1 aromatic rings. The largest absolute Gasteiger partial charge is 0.490 e. The molecule has 0 aliphatic carbocycles. The molecule has 9 nitrogen and oxygen atoms in total. The number of carboxylic acids is 1. The minimum atomic E-state index is -5.08. The van der Waals surface area contributed by atoms with Crippen molar-refractivity contribution in [1.82, 2.24) is 19.9 Å². The van der Waals surface area contributed by atoms with Crippen molar-refractivity contribution in [3.63, 3.8) is 0 Å². The maximum Gasteiger partial charge on any atom is 0.490 e. The molecular formula is C18H30F3N5O4. The van der Waals surface area contributed by atoms with Crippen LogP contribution in [0.5, 0.6) is 0 Å². The molecule has 1 aliphatic rings. The van der Waals surface area contributed by atoms with Gasteiger partial charge in [-0.3, -0.25) is 9.48 Å². The summed E-state index contributed by atoms with van der Waals surface area (Å²) in [7, 11) is 0. The predicted molar refractivity (Wildman–Crippen MR) is 101 cm³/mol. The summed E-state index contributed by atoms with van der Waals surface area (Å²) in [6.07, 6.45) is 0.210. The van der Waals surface area contributed by atoms with Crippen LogP contribution in [0.15, 0.2) is 6.20 Å². The first-order chi connectivity index (χ1) is 14.0. The molecule has 0 unspecified atom stereocenters. The minimum absolute atomic E-state index is 0.0868. The Bertz CT molecular complexity index is 675. The van der Waals surface area contributed by atoms with Crippen LogP contribution >= 0.6 is 0 Å². The standard InChI is InChI=1S/C16H29N5O2.C2HF3O2/c1-3-12(2)15(17)16(23)20-7-4-13(5-8-20)10-21-11-14(6-9-22)18-19-21;3-2(4,5)1(6)7/h11-13,15,22H,3-10,17H2,1-2H3;(H,6,7)/t12-,15-;/m0./s1. The Labute approximate surface area is 173 Å². The van der Waals surface area contributed by atoms with Gasteiger partial charge in [0.1, 0.15) is 0 Å². The highest BCUT2D eigenvalue weighted by atomic mass is 19.4. The van der Waals surface area contributed by atoms with E-state index in [2.05, 4.69) is 17.2 Å². The zero-order valence-corrected chi connectivity index (χ0v) is 17.2. The normalized spacial score (nSPS) is 17.1. The van der Waals surface area contributed by atoms with Crippen LogP contribution in [-0.4, -0.2) is 73.9 Å². The molecule has 1 aliphatic heterocycles. The van der Waals surface area contributed by atoms with Crippen molar-refractivity contribution >= 4 is 11.9 Å². The number of halogens is 3. The van der Waals surface area contributed by atoms with Crippen molar-refractivity contribution in [1.29, 1.82) is 0 Å². The summed E-state index contributed by atoms with van der Waals surface area (Å²) >= 11 is 0. The quantitative estimate of drug-likeness (QED) is 0.580. The lowest BCUT2D eigenvalue weighted by Crippen LogP contribution is -2.49. The summed E-state index contributed by atoms with van der Waals surface area (Å²) in [4.78, 5) is 23.2. The van der Waals surface area contributed by atoms with Crippen molar-refractivity contribution < 1.29 is 33.0 Å². The van der Waals surface area contributed by atoms with E-state index in [4.69, 9.17) is 20.7 Å². The lowest BCUT2D eigenvalue weighted by atomic mass is 9.94. The molecule has 30 heavy (non-hydrogen) atoms. The molecule has 2 heterocycles. The van der Waals surface area contributed by atoms with E-state index < -0.39 is 12.1 Å². The third-order valence-electron chi connectivity index (χ3n) is 5.11. The smallest absolute Gasteiger partial charge is 0.475 e. The number of aromatic nitrogens is 3.